The summed E-state index contributed by atoms with van der Waals surface area (Å²) in [6.07, 6.45) is 0.829. The van der Waals surface area contributed by atoms with Crippen molar-refractivity contribution in [2.45, 2.75) is 12.5 Å². The number of hydrogen-bond donors (Lipinski definition) is 1. The molecule has 0 saturated carbocycles. The van der Waals surface area contributed by atoms with Crippen LogP contribution in [0.5, 0.6) is 5.75 Å². The normalized spacial score (nSPS) is 18.9. The first-order valence-corrected chi connectivity index (χ1v) is 6.00. The highest BCUT2D eigenvalue weighted by molar-refractivity contribution is 9.09. The summed E-state index contributed by atoms with van der Waals surface area (Å²) in [5.41, 5.74) is 1.07. The molecule has 1 aromatic rings. The number of benzene rings is 1. The minimum absolute atomic E-state index is 0.0108. The molecule has 1 aliphatic heterocycles. The average molecular weight is 270 g/mol. The predicted octanol–water partition coefficient (Wildman–Crippen LogP) is 2.02. The van der Waals surface area contributed by atoms with Gasteiger partial charge in [-0.3, -0.25) is 4.79 Å². The molecule has 80 valence electrons. The summed E-state index contributed by atoms with van der Waals surface area (Å²) in [4.78, 5) is 11.3. The van der Waals surface area contributed by atoms with Gasteiger partial charge in [0.1, 0.15) is 5.75 Å². The van der Waals surface area contributed by atoms with Crippen LogP contribution >= 0.6 is 15.9 Å². The summed E-state index contributed by atoms with van der Waals surface area (Å²) in [6.45, 7) is 0.657. The lowest BCUT2D eigenvalue weighted by Gasteiger charge is -2.26. The van der Waals surface area contributed by atoms with Gasteiger partial charge in [0.05, 0.1) is 18.0 Å². The van der Waals surface area contributed by atoms with Crippen molar-refractivity contribution in [3.8, 4) is 5.75 Å². The predicted molar refractivity (Wildman–Crippen MR) is 61.2 cm³/mol. The van der Waals surface area contributed by atoms with Gasteiger partial charge >= 0.3 is 0 Å². The molecule has 1 amide bonds. The molecule has 15 heavy (non-hydrogen) atoms. The van der Waals surface area contributed by atoms with Crippen molar-refractivity contribution in [2.75, 3.05) is 11.9 Å². The number of para-hydroxylation sites is 1. The van der Waals surface area contributed by atoms with E-state index in [0.29, 0.717) is 11.9 Å². The van der Waals surface area contributed by atoms with Gasteiger partial charge in [-0.05, 0) is 6.07 Å². The fourth-order valence-corrected chi connectivity index (χ4v) is 1.89. The molecule has 0 aromatic heterocycles. The van der Waals surface area contributed by atoms with E-state index in [4.69, 9.17) is 4.74 Å². The Kier molecular flexibility index (Phi) is 3.26. The van der Waals surface area contributed by atoms with Gasteiger partial charge in [0.2, 0.25) is 5.91 Å². The lowest BCUT2D eigenvalue weighted by atomic mass is 10.0. The quantitative estimate of drug-likeness (QED) is 0.835. The maximum absolute atomic E-state index is 11.3. The molecule has 0 spiro atoms. The summed E-state index contributed by atoms with van der Waals surface area (Å²) < 4.78 is 5.51. The van der Waals surface area contributed by atoms with E-state index >= 15 is 0 Å². The summed E-state index contributed by atoms with van der Waals surface area (Å²) in [5.74, 6) is 0.889. The Balaban J connectivity index is 2.18. The fraction of sp³-hybridized carbons (Fsp3) is 0.364. The van der Waals surface area contributed by atoms with Crippen molar-refractivity contribution in [1.29, 1.82) is 0 Å². The summed E-state index contributed by atoms with van der Waals surface area (Å²) in [7, 11) is 0. The third-order valence-electron chi connectivity index (χ3n) is 2.42. The van der Waals surface area contributed by atoms with E-state index in [1.54, 1.807) is 0 Å². The maximum Gasteiger partial charge on any atom is 0.231 e. The van der Waals surface area contributed by atoms with E-state index in [2.05, 4.69) is 21.2 Å². The standard InChI is InChI=1S/C11H12BrNO2/c12-7-11(14)13-9-5-6-15-10-4-2-1-3-8(9)10/h1-4,9H,5-7H2,(H,13,14). The largest absolute Gasteiger partial charge is 0.493 e. The SMILES string of the molecule is O=C(CBr)NC1CCOc2ccccc21. The minimum atomic E-state index is 0.0108. The molecule has 3 nitrogen and oxygen atoms in total. The molecule has 0 radical (unpaired) electrons. The van der Waals surface area contributed by atoms with Crippen LogP contribution in [0.2, 0.25) is 0 Å². The van der Waals surface area contributed by atoms with Gasteiger partial charge in [0.25, 0.3) is 0 Å². The van der Waals surface area contributed by atoms with Crippen LogP contribution in [-0.2, 0) is 4.79 Å². The Labute approximate surface area is 96.9 Å². The van der Waals surface area contributed by atoms with Crippen molar-refractivity contribution in [3.05, 3.63) is 29.8 Å². The van der Waals surface area contributed by atoms with Crippen molar-refractivity contribution in [1.82, 2.24) is 5.32 Å². The van der Waals surface area contributed by atoms with Gasteiger partial charge in [-0.2, -0.15) is 0 Å². The van der Waals surface area contributed by atoms with Gasteiger partial charge in [-0.25, -0.2) is 0 Å². The molecule has 1 heterocycles. The second-order valence-corrected chi connectivity index (χ2v) is 3.99. The zero-order valence-electron chi connectivity index (χ0n) is 8.20. The lowest BCUT2D eigenvalue weighted by molar-refractivity contribution is -0.119. The third-order valence-corrected chi connectivity index (χ3v) is 2.92. The minimum Gasteiger partial charge on any atom is -0.493 e. The van der Waals surface area contributed by atoms with Crippen LogP contribution in [0, 0.1) is 0 Å². The van der Waals surface area contributed by atoms with Gasteiger partial charge in [0.15, 0.2) is 0 Å². The lowest BCUT2D eigenvalue weighted by Crippen LogP contribution is -2.32. The number of amides is 1. The molecule has 0 aliphatic carbocycles. The van der Waals surface area contributed by atoms with Crippen LogP contribution in [0.15, 0.2) is 24.3 Å². The highest BCUT2D eigenvalue weighted by Gasteiger charge is 2.21. The Morgan fingerprint density at radius 2 is 2.33 bits per heavy atom. The van der Waals surface area contributed by atoms with Crippen LogP contribution in [0.4, 0.5) is 0 Å². The molecule has 1 atom stereocenters. The maximum atomic E-state index is 11.3. The second kappa shape index (κ2) is 4.66. The first kappa shape index (κ1) is 10.5. The molecule has 1 unspecified atom stereocenters. The summed E-state index contributed by atoms with van der Waals surface area (Å²) in [6, 6.07) is 7.91. The molecule has 4 heteroatoms. The van der Waals surface area contributed by atoms with E-state index in [9.17, 15) is 4.79 Å². The first-order chi connectivity index (χ1) is 7.31. The molecule has 1 aromatic carbocycles. The van der Waals surface area contributed by atoms with Crippen LogP contribution in [-0.4, -0.2) is 17.8 Å². The molecule has 2 rings (SSSR count). The Hall–Kier alpha value is -1.03. The van der Waals surface area contributed by atoms with Gasteiger partial charge in [-0.15, -0.1) is 0 Å². The van der Waals surface area contributed by atoms with Gasteiger partial charge < -0.3 is 10.1 Å². The van der Waals surface area contributed by atoms with Gasteiger partial charge in [-0.1, -0.05) is 34.1 Å². The molecule has 1 N–H and O–H groups in total. The summed E-state index contributed by atoms with van der Waals surface area (Å²) in [5, 5.41) is 3.30. The third kappa shape index (κ3) is 2.31. The highest BCUT2D eigenvalue weighted by atomic mass is 79.9. The first-order valence-electron chi connectivity index (χ1n) is 4.88. The molecular formula is C11H12BrNO2. The van der Waals surface area contributed by atoms with Crippen molar-refractivity contribution >= 4 is 21.8 Å². The molecule has 0 saturated heterocycles. The number of carbonyl (C=O) groups excluding carboxylic acids is 1. The van der Waals surface area contributed by atoms with E-state index in [1.165, 1.54) is 0 Å². The van der Waals surface area contributed by atoms with Crippen molar-refractivity contribution in [2.24, 2.45) is 0 Å². The smallest absolute Gasteiger partial charge is 0.231 e. The van der Waals surface area contributed by atoms with Crippen LogP contribution < -0.4 is 10.1 Å². The van der Waals surface area contributed by atoms with E-state index in [-0.39, 0.29) is 11.9 Å². The van der Waals surface area contributed by atoms with E-state index in [1.807, 2.05) is 24.3 Å². The number of rotatable bonds is 2. The fourth-order valence-electron chi connectivity index (χ4n) is 1.72. The Morgan fingerprint density at radius 3 is 3.13 bits per heavy atom. The number of carbonyl (C=O) groups is 1. The highest BCUT2D eigenvalue weighted by Crippen LogP contribution is 2.31. The van der Waals surface area contributed by atoms with E-state index in [0.717, 1.165) is 17.7 Å². The van der Waals surface area contributed by atoms with Crippen LogP contribution in [0.25, 0.3) is 0 Å². The Bertz CT molecular complexity index is 367. The van der Waals surface area contributed by atoms with Crippen molar-refractivity contribution in [3.63, 3.8) is 0 Å². The number of alkyl halides is 1. The van der Waals surface area contributed by atoms with E-state index < -0.39 is 0 Å². The van der Waals surface area contributed by atoms with Crippen LogP contribution in [0.1, 0.15) is 18.0 Å². The Morgan fingerprint density at radius 1 is 1.53 bits per heavy atom. The van der Waals surface area contributed by atoms with Gasteiger partial charge in [0, 0.05) is 12.0 Å². The van der Waals surface area contributed by atoms with Crippen LogP contribution in [0.3, 0.4) is 0 Å². The number of halogens is 1. The topological polar surface area (TPSA) is 38.3 Å². The second-order valence-electron chi connectivity index (χ2n) is 3.43. The molecular weight excluding hydrogens is 258 g/mol. The number of ether oxygens (including phenoxy) is 1. The monoisotopic (exact) mass is 269 g/mol. The molecule has 0 bridgehead atoms. The number of hydrogen-bond acceptors (Lipinski definition) is 2. The molecule has 0 fully saturated rings. The number of nitrogens with one attached hydrogen (secondary N) is 1. The zero-order valence-corrected chi connectivity index (χ0v) is 9.79. The average Bonchev–Trinajstić information content (AvgIpc) is 2.29. The summed E-state index contributed by atoms with van der Waals surface area (Å²) >= 11 is 3.14. The number of fused-ring (bicyclic) bond motifs is 1. The van der Waals surface area contributed by atoms with Crippen molar-refractivity contribution < 1.29 is 9.53 Å². The zero-order chi connectivity index (χ0) is 10.7. The molecule has 1 aliphatic rings.